The van der Waals surface area contributed by atoms with E-state index in [0.717, 1.165) is 32.2 Å². The fraction of sp³-hybridized carbons (Fsp3) is 0.462. The van der Waals surface area contributed by atoms with E-state index in [1.54, 1.807) is 12.1 Å². The molecule has 0 aliphatic carbocycles. The summed E-state index contributed by atoms with van der Waals surface area (Å²) >= 11 is 4.05. The highest BCUT2D eigenvalue weighted by Crippen LogP contribution is 2.27. The minimum atomic E-state index is -0.0883. The second-order valence-electron chi connectivity index (χ2n) is 4.25. The van der Waals surface area contributed by atoms with Gasteiger partial charge in [-0.05, 0) is 76.7 Å². The number of nitrogens with two attached hydrogens (primary N) is 1. The maximum absolute atomic E-state index is 11.9. The molecule has 0 unspecified atom stereocenters. The molecule has 19 heavy (non-hydrogen) atoms. The van der Waals surface area contributed by atoms with Gasteiger partial charge in [-0.1, -0.05) is 12.8 Å². The summed E-state index contributed by atoms with van der Waals surface area (Å²) in [6.45, 7) is 1.41. The number of carbonyl (C=O) groups excluding carboxylic acids is 1. The van der Waals surface area contributed by atoms with Crippen molar-refractivity contribution in [2.75, 3.05) is 13.1 Å². The molecule has 1 aromatic carbocycles. The van der Waals surface area contributed by atoms with E-state index in [9.17, 15) is 9.90 Å². The number of phenols is 1. The second-order valence-corrected chi connectivity index (χ2v) is 6.57. The Morgan fingerprint density at radius 3 is 2.32 bits per heavy atom. The number of hydrogen-bond acceptors (Lipinski definition) is 3. The minimum absolute atomic E-state index is 0.0883. The largest absolute Gasteiger partial charge is 0.506 e. The molecule has 0 saturated heterocycles. The summed E-state index contributed by atoms with van der Waals surface area (Å²) in [5.41, 5.74) is 6.01. The predicted octanol–water partition coefficient (Wildman–Crippen LogP) is 2.85. The number of benzene rings is 1. The molecule has 0 atom stereocenters. The van der Waals surface area contributed by atoms with Gasteiger partial charge in [0, 0.05) is 12.1 Å². The van der Waals surface area contributed by atoms with Gasteiger partial charge < -0.3 is 16.2 Å². The average Bonchev–Trinajstić information content (AvgIpc) is 2.39. The van der Waals surface area contributed by atoms with Crippen LogP contribution in [0.1, 0.15) is 36.0 Å². The lowest BCUT2D eigenvalue weighted by molar-refractivity contribution is 0.0953. The van der Waals surface area contributed by atoms with Crippen LogP contribution < -0.4 is 11.1 Å². The van der Waals surface area contributed by atoms with Gasteiger partial charge >= 0.3 is 0 Å². The highest BCUT2D eigenvalue weighted by atomic mass is 127. The zero-order valence-corrected chi connectivity index (χ0v) is 14.9. The summed E-state index contributed by atoms with van der Waals surface area (Å²) in [6.07, 6.45) is 4.21. The third kappa shape index (κ3) is 5.82. The lowest BCUT2D eigenvalue weighted by Crippen LogP contribution is -2.24. The van der Waals surface area contributed by atoms with E-state index >= 15 is 0 Å². The normalized spacial score (nSPS) is 10.5. The van der Waals surface area contributed by atoms with E-state index in [4.69, 9.17) is 5.73 Å². The van der Waals surface area contributed by atoms with Crippen molar-refractivity contribution in [1.82, 2.24) is 5.32 Å². The smallest absolute Gasteiger partial charge is 0.251 e. The zero-order chi connectivity index (χ0) is 14.3. The molecule has 0 spiro atoms. The van der Waals surface area contributed by atoms with E-state index in [1.165, 1.54) is 0 Å². The fourth-order valence-corrected chi connectivity index (χ4v) is 3.39. The Morgan fingerprint density at radius 1 is 1.16 bits per heavy atom. The van der Waals surface area contributed by atoms with Crippen molar-refractivity contribution in [3.05, 3.63) is 24.8 Å². The Hall–Kier alpha value is -0.0900. The second kappa shape index (κ2) is 8.96. The number of carbonyl (C=O) groups is 1. The molecule has 1 amide bonds. The first-order chi connectivity index (χ1) is 9.06. The molecule has 0 aliphatic heterocycles. The van der Waals surface area contributed by atoms with E-state index < -0.39 is 0 Å². The molecule has 0 bridgehead atoms. The first-order valence-electron chi connectivity index (χ1n) is 6.22. The summed E-state index contributed by atoms with van der Waals surface area (Å²) in [5.74, 6) is 0.147. The van der Waals surface area contributed by atoms with Crippen LogP contribution in [0.4, 0.5) is 0 Å². The van der Waals surface area contributed by atoms with E-state index in [1.807, 2.05) is 45.2 Å². The monoisotopic (exact) mass is 488 g/mol. The SMILES string of the molecule is NCCCCCCNC(=O)c1cc(I)c(O)c(I)c1. The van der Waals surface area contributed by atoms with E-state index in [-0.39, 0.29) is 11.7 Å². The molecule has 0 radical (unpaired) electrons. The van der Waals surface area contributed by atoms with Gasteiger partial charge in [-0.15, -0.1) is 0 Å². The van der Waals surface area contributed by atoms with Gasteiger partial charge in [0.1, 0.15) is 5.75 Å². The Kier molecular flexibility index (Phi) is 8.00. The van der Waals surface area contributed by atoms with Crippen molar-refractivity contribution in [2.45, 2.75) is 25.7 Å². The van der Waals surface area contributed by atoms with Crippen LogP contribution in [-0.2, 0) is 0 Å². The number of halogens is 2. The van der Waals surface area contributed by atoms with Gasteiger partial charge in [-0.3, -0.25) is 4.79 Å². The Morgan fingerprint density at radius 2 is 1.74 bits per heavy atom. The topological polar surface area (TPSA) is 75.3 Å². The predicted molar refractivity (Wildman–Crippen MR) is 93.4 cm³/mol. The van der Waals surface area contributed by atoms with Crippen LogP contribution in [0.3, 0.4) is 0 Å². The average molecular weight is 488 g/mol. The molecule has 0 saturated carbocycles. The molecule has 0 heterocycles. The summed E-state index contributed by atoms with van der Waals surface area (Å²) in [7, 11) is 0. The summed E-state index contributed by atoms with van der Waals surface area (Å²) < 4.78 is 1.38. The van der Waals surface area contributed by atoms with Crippen LogP contribution in [-0.4, -0.2) is 24.1 Å². The molecule has 0 aromatic heterocycles. The standard InChI is InChI=1S/C13H18I2N2O2/c14-10-7-9(8-11(15)12(10)18)13(19)17-6-4-2-1-3-5-16/h7-8,18H,1-6,16H2,(H,17,19). The molecular formula is C13H18I2N2O2. The quantitative estimate of drug-likeness (QED) is 0.409. The van der Waals surface area contributed by atoms with E-state index in [2.05, 4.69) is 5.32 Å². The van der Waals surface area contributed by atoms with Crippen molar-refractivity contribution in [1.29, 1.82) is 0 Å². The lowest BCUT2D eigenvalue weighted by atomic mass is 10.2. The first-order valence-corrected chi connectivity index (χ1v) is 8.38. The molecule has 1 rings (SSSR count). The van der Waals surface area contributed by atoms with Gasteiger partial charge in [0.05, 0.1) is 7.14 Å². The van der Waals surface area contributed by atoms with Gasteiger partial charge in [-0.2, -0.15) is 0 Å². The van der Waals surface area contributed by atoms with Crippen LogP contribution in [0.2, 0.25) is 0 Å². The number of aromatic hydroxyl groups is 1. The zero-order valence-electron chi connectivity index (χ0n) is 10.6. The summed E-state index contributed by atoms with van der Waals surface area (Å²) in [5, 5.41) is 12.5. The van der Waals surface area contributed by atoms with Gasteiger partial charge in [0.2, 0.25) is 0 Å². The molecule has 4 N–H and O–H groups in total. The van der Waals surface area contributed by atoms with Crippen LogP contribution in [0.25, 0.3) is 0 Å². The maximum atomic E-state index is 11.9. The Bertz CT molecular complexity index is 416. The van der Waals surface area contributed by atoms with Crippen molar-refractivity contribution >= 4 is 51.1 Å². The van der Waals surface area contributed by atoms with Crippen LogP contribution >= 0.6 is 45.2 Å². The van der Waals surface area contributed by atoms with Crippen molar-refractivity contribution < 1.29 is 9.90 Å². The third-order valence-corrected chi connectivity index (χ3v) is 4.34. The number of nitrogens with one attached hydrogen (secondary N) is 1. The molecule has 4 nitrogen and oxygen atoms in total. The van der Waals surface area contributed by atoms with Crippen molar-refractivity contribution in [3.8, 4) is 5.75 Å². The molecule has 6 heteroatoms. The minimum Gasteiger partial charge on any atom is -0.506 e. The van der Waals surface area contributed by atoms with Crippen molar-refractivity contribution in [3.63, 3.8) is 0 Å². The summed E-state index contributed by atoms with van der Waals surface area (Å²) in [6, 6.07) is 3.39. The number of phenolic OH excluding ortho intramolecular Hbond substituents is 1. The molecule has 1 aromatic rings. The highest BCUT2D eigenvalue weighted by Gasteiger charge is 2.11. The fourth-order valence-electron chi connectivity index (χ4n) is 1.62. The maximum Gasteiger partial charge on any atom is 0.251 e. The van der Waals surface area contributed by atoms with Crippen LogP contribution in [0, 0.1) is 7.14 Å². The molecule has 0 fully saturated rings. The molecule has 106 valence electrons. The van der Waals surface area contributed by atoms with E-state index in [0.29, 0.717) is 19.2 Å². The number of rotatable bonds is 7. The lowest BCUT2D eigenvalue weighted by Gasteiger charge is -2.07. The molecular weight excluding hydrogens is 470 g/mol. The van der Waals surface area contributed by atoms with Gasteiger partial charge in [-0.25, -0.2) is 0 Å². The number of amides is 1. The molecule has 0 aliphatic rings. The van der Waals surface area contributed by atoms with Gasteiger partial charge in [0.15, 0.2) is 0 Å². The van der Waals surface area contributed by atoms with Crippen LogP contribution in [0.5, 0.6) is 5.75 Å². The Balaban J connectivity index is 2.42. The van der Waals surface area contributed by atoms with Crippen LogP contribution in [0.15, 0.2) is 12.1 Å². The third-order valence-electron chi connectivity index (χ3n) is 2.70. The van der Waals surface area contributed by atoms with Gasteiger partial charge in [0.25, 0.3) is 5.91 Å². The highest BCUT2D eigenvalue weighted by molar-refractivity contribution is 14.1. The van der Waals surface area contributed by atoms with Crippen molar-refractivity contribution in [2.24, 2.45) is 5.73 Å². The number of unbranched alkanes of at least 4 members (excludes halogenated alkanes) is 3. The Labute approximate surface area is 140 Å². The summed E-state index contributed by atoms with van der Waals surface area (Å²) in [4.78, 5) is 11.9. The first kappa shape index (κ1) is 17.0. The number of hydrogen-bond donors (Lipinski definition) is 3.